The second-order valence-corrected chi connectivity index (χ2v) is 5.50. The number of pyridine rings is 1. The molecule has 2 N–H and O–H groups in total. The molecule has 1 aromatic rings. The minimum atomic E-state index is -0.402. The summed E-state index contributed by atoms with van der Waals surface area (Å²) >= 11 is 3.35. The Morgan fingerprint density at radius 3 is 3.00 bits per heavy atom. The van der Waals surface area contributed by atoms with E-state index in [1.54, 1.807) is 6.20 Å². The Bertz CT molecular complexity index is 456. The average Bonchev–Trinajstić information content (AvgIpc) is 2.84. The fourth-order valence-corrected chi connectivity index (χ4v) is 2.56. The molecule has 0 aromatic carbocycles. The highest BCUT2D eigenvalue weighted by Gasteiger charge is 2.39. The van der Waals surface area contributed by atoms with E-state index in [2.05, 4.69) is 31.5 Å². The third-order valence-electron chi connectivity index (χ3n) is 3.55. The Hall–Kier alpha value is -0.940. The quantitative estimate of drug-likeness (QED) is 0.844. The number of rotatable bonds is 3. The van der Waals surface area contributed by atoms with Gasteiger partial charge in [0.05, 0.1) is 17.4 Å². The zero-order chi connectivity index (χ0) is 13.2. The van der Waals surface area contributed by atoms with Gasteiger partial charge in [-0.05, 0) is 60.3 Å². The molecule has 0 bridgehead atoms. The lowest BCUT2D eigenvalue weighted by molar-refractivity contribution is -0.122. The molecule has 18 heavy (non-hydrogen) atoms. The highest BCUT2D eigenvalue weighted by atomic mass is 79.9. The van der Waals surface area contributed by atoms with Crippen molar-refractivity contribution in [3.8, 4) is 0 Å². The maximum Gasteiger partial charge on any atom is 0.244 e. The molecule has 0 aliphatic carbocycles. The van der Waals surface area contributed by atoms with E-state index < -0.39 is 5.54 Å². The van der Waals surface area contributed by atoms with Crippen LogP contribution in [0.15, 0.2) is 16.9 Å². The summed E-state index contributed by atoms with van der Waals surface area (Å²) in [5.41, 5.74) is 1.36. The van der Waals surface area contributed by atoms with Gasteiger partial charge in [0.1, 0.15) is 4.60 Å². The molecular formula is C13H18BrN3O. The third kappa shape index (κ3) is 2.57. The Balaban J connectivity index is 2.13. The first-order valence-corrected chi connectivity index (χ1v) is 7.05. The summed E-state index contributed by atoms with van der Waals surface area (Å²) in [7, 11) is 0. The number of hydrogen-bond donors (Lipinski definition) is 2. The summed E-state index contributed by atoms with van der Waals surface area (Å²) in [4.78, 5) is 16.5. The number of nitrogens with zero attached hydrogens (tertiary/aromatic N) is 1. The number of aryl methyl sites for hydroxylation is 1. The number of aromatic nitrogens is 1. The Labute approximate surface area is 116 Å². The summed E-state index contributed by atoms with van der Waals surface area (Å²) in [5.74, 6) is 0.0472. The number of carbonyl (C=O) groups is 1. The minimum Gasteiger partial charge on any atom is -0.323 e. The predicted octanol–water partition coefficient (Wildman–Crippen LogP) is 2.62. The highest BCUT2D eigenvalue weighted by molar-refractivity contribution is 9.10. The van der Waals surface area contributed by atoms with Crippen molar-refractivity contribution in [1.29, 1.82) is 0 Å². The third-order valence-corrected chi connectivity index (χ3v) is 4.38. The zero-order valence-electron chi connectivity index (χ0n) is 10.7. The summed E-state index contributed by atoms with van der Waals surface area (Å²) in [6.45, 7) is 4.91. The van der Waals surface area contributed by atoms with E-state index in [9.17, 15) is 4.79 Å². The summed E-state index contributed by atoms with van der Waals surface area (Å²) in [5, 5.41) is 6.28. The van der Waals surface area contributed by atoms with Crippen LogP contribution in [0.3, 0.4) is 0 Å². The molecule has 1 unspecified atom stereocenters. The number of halogens is 1. The standard InChI is InChI=1S/C13H18BrN3O/c1-3-13(5-4-6-16-13)12(18)17-10-7-9(2)11(14)15-8-10/h7-8,16H,3-6H2,1-2H3,(H,17,18). The molecule has 98 valence electrons. The second kappa shape index (κ2) is 5.36. The van der Waals surface area contributed by atoms with Crippen molar-refractivity contribution in [2.24, 2.45) is 0 Å². The van der Waals surface area contributed by atoms with Crippen LogP contribution in [-0.2, 0) is 4.79 Å². The van der Waals surface area contributed by atoms with Crippen LogP contribution in [0.1, 0.15) is 31.7 Å². The van der Waals surface area contributed by atoms with Gasteiger partial charge in [0, 0.05) is 0 Å². The van der Waals surface area contributed by atoms with Gasteiger partial charge < -0.3 is 10.6 Å². The normalized spacial score (nSPS) is 23.1. The van der Waals surface area contributed by atoms with E-state index in [-0.39, 0.29) is 5.91 Å². The lowest BCUT2D eigenvalue weighted by Gasteiger charge is -2.26. The molecule has 1 fully saturated rings. The number of hydrogen-bond acceptors (Lipinski definition) is 3. The van der Waals surface area contributed by atoms with Crippen LogP contribution in [0.5, 0.6) is 0 Å². The largest absolute Gasteiger partial charge is 0.323 e. The molecular weight excluding hydrogens is 294 g/mol. The number of anilines is 1. The molecule has 0 spiro atoms. The van der Waals surface area contributed by atoms with Gasteiger partial charge >= 0.3 is 0 Å². The summed E-state index contributed by atoms with van der Waals surface area (Å²) in [6, 6.07) is 1.92. The highest BCUT2D eigenvalue weighted by Crippen LogP contribution is 2.25. The van der Waals surface area contributed by atoms with E-state index in [1.165, 1.54) is 0 Å². The molecule has 1 amide bonds. The molecule has 1 aliphatic heterocycles. The van der Waals surface area contributed by atoms with Gasteiger partial charge in [-0.3, -0.25) is 4.79 Å². The van der Waals surface area contributed by atoms with Crippen molar-refractivity contribution in [1.82, 2.24) is 10.3 Å². The van der Waals surface area contributed by atoms with Crippen LogP contribution >= 0.6 is 15.9 Å². The van der Waals surface area contributed by atoms with Gasteiger partial charge in [0.2, 0.25) is 5.91 Å². The lowest BCUT2D eigenvalue weighted by Crippen LogP contribution is -2.50. The Morgan fingerprint density at radius 2 is 2.44 bits per heavy atom. The summed E-state index contributed by atoms with van der Waals surface area (Å²) in [6.07, 6.45) is 4.44. The maximum atomic E-state index is 12.4. The van der Waals surface area contributed by atoms with Crippen molar-refractivity contribution in [3.05, 3.63) is 22.4 Å². The van der Waals surface area contributed by atoms with Gasteiger partial charge in [-0.2, -0.15) is 0 Å². The first-order chi connectivity index (χ1) is 8.57. The van der Waals surface area contributed by atoms with E-state index in [1.807, 2.05) is 19.9 Å². The molecule has 4 nitrogen and oxygen atoms in total. The molecule has 0 radical (unpaired) electrons. The molecule has 5 heteroatoms. The molecule has 2 rings (SSSR count). The van der Waals surface area contributed by atoms with Gasteiger partial charge in [0.15, 0.2) is 0 Å². The van der Waals surface area contributed by atoms with E-state index in [0.717, 1.165) is 41.7 Å². The fraction of sp³-hybridized carbons (Fsp3) is 0.538. The molecule has 1 aromatic heterocycles. The Kier molecular flexibility index (Phi) is 4.02. The van der Waals surface area contributed by atoms with E-state index in [4.69, 9.17) is 0 Å². The smallest absolute Gasteiger partial charge is 0.244 e. The summed E-state index contributed by atoms with van der Waals surface area (Å²) < 4.78 is 0.810. The van der Waals surface area contributed by atoms with Gasteiger partial charge in [0.25, 0.3) is 0 Å². The van der Waals surface area contributed by atoms with E-state index in [0.29, 0.717) is 0 Å². The van der Waals surface area contributed by atoms with Crippen LogP contribution in [0.4, 0.5) is 5.69 Å². The van der Waals surface area contributed by atoms with Crippen molar-refractivity contribution < 1.29 is 4.79 Å². The van der Waals surface area contributed by atoms with Crippen LogP contribution in [0.25, 0.3) is 0 Å². The first kappa shape index (κ1) is 13.5. The van der Waals surface area contributed by atoms with Crippen molar-refractivity contribution in [2.75, 3.05) is 11.9 Å². The van der Waals surface area contributed by atoms with Crippen molar-refractivity contribution in [3.63, 3.8) is 0 Å². The number of nitrogens with one attached hydrogen (secondary N) is 2. The van der Waals surface area contributed by atoms with Crippen molar-refractivity contribution >= 4 is 27.5 Å². The fourth-order valence-electron chi connectivity index (χ4n) is 2.34. The lowest BCUT2D eigenvalue weighted by atomic mass is 9.93. The average molecular weight is 312 g/mol. The molecule has 0 saturated carbocycles. The van der Waals surface area contributed by atoms with Crippen LogP contribution in [-0.4, -0.2) is 23.0 Å². The topological polar surface area (TPSA) is 54.0 Å². The van der Waals surface area contributed by atoms with Crippen LogP contribution in [0, 0.1) is 6.92 Å². The molecule has 2 heterocycles. The maximum absolute atomic E-state index is 12.4. The van der Waals surface area contributed by atoms with Crippen LogP contribution in [0.2, 0.25) is 0 Å². The molecule has 1 atom stereocenters. The molecule has 1 aliphatic rings. The monoisotopic (exact) mass is 311 g/mol. The van der Waals surface area contributed by atoms with Crippen molar-refractivity contribution in [2.45, 2.75) is 38.6 Å². The second-order valence-electron chi connectivity index (χ2n) is 4.75. The first-order valence-electron chi connectivity index (χ1n) is 6.26. The number of carbonyl (C=O) groups excluding carboxylic acids is 1. The molecule has 1 saturated heterocycles. The predicted molar refractivity (Wildman–Crippen MR) is 75.6 cm³/mol. The zero-order valence-corrected chi connectivity index (χ0v) is 12.3. The SMILES string of the molecule is CCC1(C(=O)Nc2cnc(Br)c(C)c2)CCCN1. The van der Waals surface area contributed by atoms with Gasteiger partial charge in [-0.25, -0.2) is 4.98 Å². The Morgan fingerprint density at radius 1 is 1.67 bits per heavy atom. The van der Waals surface area contributed by atoms with Gasteiger partial charge in [-0.1, -0.05) is 6.92 Å². The number of amides is 1. The minimum absolute atomic E-state index is 0.0472. The van der Waals surface area contributed by atoms with Gasteiger partial charge in [-0.15, -0.1) is 0 Å². The van der Waals surface area contributed by atoms with Crippen LogP contribution < -0.4 is 10.6 Å². The van der Waals surface area contributed by atoms with E-state index >= 15 is 0 Å².